The molecule has 3 rings (SSSR count). The number of hydrogen-bond donors (Lipinski definition) is 0. The summed E-state index contributed by atoms with van der Waals surface area (Å²) in [7, 11) is -0.304. The highest BCUT2D eigenvalue weighted by Crippen LogP contribution is 2.31. The molecule has 2 aromatic carbocycles. The van der Waals surface area contributed by atoms with E-state index in [9.17, 15) is 8.42 Å². The number of piperazine rings is 1. The van der Waals surface area contributed by atoms with Crippen LogP contribution >= 0.6 is 0 Å². The van der Waals surface area contributed by atoms with Crippen molar-refractivity contribution in [1.29, 1.82) is 0 Å². The standard InChI is InChI=1S/C20H26N2O4S/c1-15-14-20(16(2)13-19(15)26-4)27(23,24)22-11-9-21(10-12-22)17-7-5-6-8-18(17)25-3/h5-8,13-14H,9-12H2,1-4H3. The van der Waals surface area contributed by atoms with Crippen LogP contribution in [0.4, 0.5) is 5.69 Å². The van der Waals surface area contributed by atoms with Gasteiger partial charge in [-0.3, -0.25) is 0 Å². The van der Waals surface area contributed by atoms with Crippen LogP contribution in [0.3, 0.4) is 0 Å². The van der Waals surface area contributed by atoms with Crippen LogP contribution in [0.5, 0.6) is 11.5 Å². The third-order valence-corrected chi connectivity index (χ3v) is 7.02. The average Bonchev–Trinajstić information content (AvgIpc) is 2.69. The first-order chi connectivity index (χ1) is 12.9. The molecular formula is C20H26N2O4S. The van der Waals surface area contributed by atoms with E-state index in [1.54, 1.807) is 37.6 Å². The third-order valence-electron chi connectivity index (χ3n) is 4.97. The number of aryl methyl sites for hydroxylation is 2. The molecule has 7 heteroatoms. The Hall–Kier alpha value is -2.25. The van der Waals surface area contributed by atoms with Crippen molar-refractivity contribution in [3.05, 3.63) is 47.5 Å². The van der Waals surface area contributed by atoms with Gasteiger partial charge in [-0.1, -0.05) is 12.1 Å². The minimum Gasteiger partial charge on any atom is -0.496 e. The van der Waals surface area contributed by atoms with E-state index in [0.29, 0.717) is 42.4 Å². The molecule has 2 aromatic rings. The number of rotatable bonds is 5. The normalized spacial score (nSPS) is 15.6. The lowest BCUT2D eigenvalue weighted by atomic mass is 10.1. The number of benzene rings is 2. The number of ether oxygens (including phenoxy) is 2. The fourth-order valence-electron chi connectivity index (χ4n) is 3.46. The summed E-state index contributed by atoms with van der Waals surface area (Å²) in [5.74, 6) is 1.50. The van der Waals surface area contributed by atoms with Crippen LogP contribution in [0.1, 0.15) is 11.1 Å². The van der Waals surface area contributed by atoms with Gasteiger partial charge < -0.3 is 14.4 Å². The van der Waals surface area contributed by atoms with E-state index in [1.807, 2.05) is 31.2 Å². The molecule has 1 aliphatic heterocycles. The number of hydrogen-bond acceptors (Lipinski definition) is 5. The van der Waals surface area contributed by atoms with E-state index in [-0.39, 0.29) is 0 Å². The Labute approximate surface area is 161 Å². The minimum absolute atomic E-state index is 0.353. The summed E-state index contributed by atoms with van der Waals surface area (Å²) < 4.78 is 38.6. The number of sulfonamides is 1. The van der Waals surface area contributed by atoms with E-state index in [4.69, 9.17) is 9.47 Å². The zero-order valence-corrected chi connectivity index (χ0v) is 17.0. The van der Waals surface area contributed by atoms with Crippen molar-refractivity contribution in [3.8, 4) is 11.5 Å². The molecule has 0 atom stereocenters. The van der Waals surface area contributed by atoms with Crippen molar-refractivity contribution in [3.63, 3.8) is 0 Å². The van der Waals surface area contributed by atoms with E-state index in [0.717, 1.165) is 17.0 Å². The topological polar surface area (TPSA) is 59.1 Å². The molecular weight excluding hydrogens is 364 g/mol. The molecule has 0 spiro atoms. The van der Waals surface area contributed by atoms with Gasteiger partial charge in [-0.2, -0.15) is 4.31 Å². The smallest absolute Gasteiger partial charge is 0.243 e. The summed E-state index contributed by atoms with van der Waals surface area (Å²) in [6.07, 6.45) is 0. The first kappa shape index (κ1) is 19.5. The summed E-state index contributed by atoms with van der Waals surface area (Å²) in [5, 5.41) is 0. The Morgan fingerprint density at radius 1 is 0.852 bits per heavy atom. The van der Waals surface area contributed by atoms with E-state index >= 15 is 0 Å². The molecule has 0 aliphatic carbocycles. The fraction of sp³-hybridized carbons (Fsp3) is 0.400. The maximum Gasteiger partial charge on any atom is 0.243 e. The Morgan fingerprint density at radius 3 is 2.11 bits per heavy atom. The minimum atomic E-state index is -3.54. The quantitative estimate of drug-likeness (QED) is 0.786. The van der Waals surface area contributed by atoms with Crippen LogP contribution in [0, 0.1) is 13.8 Å². The molecule has 0 radical (unpaired) electrons. The lowest BCUT2D eigenvalue weighted by Crippen LogP contribution is -2.48. The first-order valence-electron chi connectivity index (χ1n) is 8.92. The van der Waals surface area contributed by atoms with Crippen molar-refractivity contribution < 1.29 is 17.9 Å². The lowest BCUT2D eigenvalue weighted by molar-refractivity contribution is 0.378. The largest absolute Gasteiger partial charge is 0.496 e. The zero-order chi connectivity index (χ0) is 19.6. The zero-order valence-electron chi connectivity index (χ0n) is 16.2. The van der Waals surface area contributed by atoms with Gasteiger partial charge in [0.25, 0.3) is 0 Å². The third kappa shape index (κ3) is 3.75. The average molecular weight is 391 g/mol. The van der Waals surface area contributed by atoms with Gasteiger partial charge in [0.05, 0.1) is 24.8 Å². The molecule has 6 nitrogen and oxygen atoms in total. The van der Waals surface area contributed by atoms with Gasteiger partial charge in [0.1, 0.15) is 11.5 Å². The Bertz CT molecular complexity index is 920. The predicted octanol–water partition coefficient (Wildman–Crippen LogP) is 2.83. The molecule has 0 unspecified atom stereocenters. The number of methoxy groups -OCH3 is 2. The van der Waals surface area contributed by atoms with E-state index in [2.05, 4.69) is 4.90 Å². The summed E-state index contributed by atoms with van der Waals surface area (Å²) in [6, 6.07) is 11.3. The molecule has 1 fully saturated rings. The summed E-state index contributed by atoms with van der Waals surface area (Å²) >= 11 is 0. The van der Waals surface area contributed by atoms with Gasteiger partial charge >= 0.3 is 0 Å². The Balaban J connectivity index is 1.80. The Kier molecular flexibility index (Phi) is 5.62. The number of anilines is 1. The summed E-state index contributed by atoms with van der Waals surface area (Å²) in [5.41, 5.74) is 2.51. The molecule has 27 heavy (non-hydrogen) atoms. The van der Waals surface area contributed by atoms with E-state index < -0.39 is 10.0 Å². The van der Waals surface area contributed by atoms with Crippen LogP contribution in [0.25, 0.3) is 0 Å². The fourth-order valence-corrected chi connectivity index (χ4v) is 5.17. The predicted molar refractivity (Wildman–Crippen MR) is 106 cm³/mol. The molecule has 0 N–H and O–H groups in total. The summed E-state index contributed by atoms with van der Waals surface area (Å²) in [6.45, 7) is 5.77. The Morgan fingerprint density at radius 2 is 1.48 bits per heavy atom. The van der Waals surface area contributed by atoms with Crippen molar-refractivity contribution in [2.24, 2.45) is 0 Å². The van der Waals surface area contributed by atoms with Crippen molar-refractivity contribution in [1.82, 2.24) is 4.31 Å². The van der Waals surface area contributed by atoms with Gasteiger partial charge in [0.2, 0.25) is 10.0 Å². The highest BCUT2D eigenvalue weighted by Gasteiger charge is 2.30. The van der Waals surface area contributed by atoms with Gasteiger partial charge in [-0.15, -0.1) is 0 Å². The second-order valence-corrected chi connectivity index (χ2v) is 8.56. The number of nitrogens with zero attached hydrogens (tertiary/aromatic N) is 2. The maximum absolute atomic E-state index is 13.2. The van der Waals surface area contributed by atoms with Crippen LogP contribution in [0.2, 0.25) is 0 Å². The van der Waals surface area contributed by atoms with Crippen molar-refractivity contribution >= 4 is 15.7 Å². The molecule has 0 aromatic heterocycles. The molecule has 1 saturated heterocycles. The molecule has 0 amide bonds. The lowest BCUT2D eigenvalue weighted by Gasteiger charge is -2.36. The van der Waals surface area contributed by atoms with Gasteiger partial charge in [-0.25, -0.2) is 8.42 Å². The second kappa shape index (κ2) is 7.78. The molecule has 0 saturated carbocycles. The molecule has 1 heterocycles. The SMILES string of the molecule is COc1cc(C)c(S(=O)(=O)N2CCN(c3ccccc3OC)CC2)cc1C. The van der Waals surface area contributed by atoms with Crippen molar-refractivity contribution in [2.45, 2.75) is 18.7 Å². The van der Waals surface area contributed by atoms with Gasteiger partial charge in [0, 0.05) is 26.2 Å². The molecule has 146 valence electrons. The number of para-hydroxylation sites is 2. The second-order valence-electron chi connectivity index (χ2n) is 6.65. The monoisotopic (exact) mass is 390 g/mol. The van der Waals surface area contributed by atoms with Crippen LogP contribution in [0.15, 0.2) is 41.3 Å². The maximum atomic E-state index is 13.2. The molecule has 0 bridgehead atoms. The van der Waals surface area contributed by atoms with Crippen LogP contribution in [-0.4, -0.2) is 53.1 Å². The highest BCUT2D eigenvalue weighted by molar-refractivity contribution is 7.89. The van der Waals surface area contributed by atoms with Crippen LogP contribution < -0.4 is 14.4 Å². The van der Waals surface area contributed by atoms with Crippen molar-refractivity contribution in [2.75, 3.05) is 45.3 Å². The first-order valence-corrected chi connectivity index (χ1v) is 10.4. The highest BCUT2D eigenvalue weighted by atomic mass is 32.2. The van der Waals surface area contributed by atoms with E-state index in [1.165, 1.54) is 0 Å². The van der Waals surface area contributed by atoms with Gasteiger partial charge in [-0.05, 0) is 49.2 Å². The van der Waals surface area contributed by atoms with Crippen LogP contribution in [-0.2, 0) is 10.0 Å². The summed E-state index contributed by atoms with van der Waals surface area (Å²) in [4.78, 5) is 2.52. The van der Waals surface area contributed by atoms with Gasteiger partial charge in [0.15, 0.2) is 0 Å². The molecule has 1 aliphatic rings.